The number of hydrogen-bond acceptors (Lipinski definition) is 2. The highest BCUT2D eigenvalue weighted by Gasteiger charge is 2.27. The maximum absolute atomic E-state index is 5.22. The molecule has 0 amide bonds. The lowest BCUT2D eigenvalue weighted by atomic mass is 10.1. The second kappa shape index (κ2) is 3.07. The summed E-state index contributed by atoms with van der Waals surface area (Å²) < 4.78 is 11.4. The van der Waals surface area contributed by atoms with Crippen molar-refractivity contribution in [2.45, 2.75) is 6.10 Å². The van der Waals surface area contributed by atoms with Crippen LogP contribution in [0.25, 0.3) is 0 Å². The first-order valence-corrected chi connectivity index (χ1v) is 4.55. The topological polar surface area (TPSA) is 21.8 Å². The average Bonchev–Trinajstić information content (AvgIpc) is 2.87. The van der Waals surface area contributed by atoms with Gasteiger partial charge < -0.3 is 9.47 Å². The van der Waals surface area contributed by atoms with Crippen LogP contribution in [0, 0.1) is 0 Å². The van der Waals surface area contributed by atoms with Gasteiger partial charge in [0.15, 0.2) is 0 Å². The van der Waals surface area contributed by atoms with Gasteiger partial charge in [-0.3, -0.25) is 0 Å². The molecule has 1 aromatic carbocycles. The van der Waals surface area contributed by atoms with Crippen molar-refractivity contribution < 1.29 is 9.47 Å². The Balaban J connectivity index is 2.38. The maximum atomic E-state index is 5.22. The van der Waals surface area contributed by atoms with E-state index in [2.05, 4.69) is 15.9 Å². The standard InChI is InChI=1S/C9H9BrO2/c1-11-8-4-6(10)2-3-7(8)9-5-12-9/h2-4,9H,5H2,1H3/t9-/m0/s1. The fraction of sp³-hybridized carbons (Fsp3) is 0.333. The molecule has 1 fully saturated rings. The highest BCUT2D eigenvalue weighted by atomic mass is 79.9. The number of rotatable bonds is 2. The summed E-state index contributed by atoms with van der Waals surface area (Å²) >= 11 is 3.39. The van der Waals surface area contributed by atoms with Gasteiger partial charge in [-0.05, 0) is 12.1 Å². The minimum atomic E-state index is 0.257. The highest BCUT2D eigenvalue weighted by Crippen LogP contribution is 2.37. The van der Waals surface area contributed by atoms with Crippen molar-refractivity contribution in [2.24, 2.45) is 0 Å². The highest BCUT2D eigenvalue weighted by molar-refractivity contribution is 9.10. The zero-order valence-electron chi connectivity index (χ0n) is 6.71. The quantitative estimate of drug-likeness (QED) is 0.727. The van der Waals surface area contributed by atoms with Gasteiger partial charge in [0.05, 0.1) is 13.7 Å². The zero-order valence-corrected chi connectivity index (χ0v) is 8.30. The van der Waals surface area contributed by atoms with Crippen LogP contribution in [0.5, 0.6) is 5.75 Å². The molecular formula is C9H9BrO2. The third-order valence-electron chi connectivity index (χ3n) is 1.88. The SMILES string of the molecule is COc1cc(Br)ccc1[C@@H]1CO1. The van der Waals surface area contributed by atoms with E-state index in [-0.39, 0.29) is 6.10 Å². The minimum absolute atomic E-state index is 0.257. The molecule has 0 aliphatic carbocycles. The summed E-state index contributed by atoms with van der Waals surface area (Å²) in [6, 6.07) is 5.98. The fourth-order valence-electron chi connectivity index (χ4n) is 1.18. The first-order chi connectivity index (χ1) is 5.81. The normalized spacial score (nSPS) is 20.7. The van der Waals surface area contributed by atoms with E-state index in [9.17, 15) is 0 Å². The molecule has 12 heavy (non-hydrogen) atoms. The summed E-state index contributed by atoms with van der Waals surface area (Å²) in [6.07, 6.45) is 0.257. The van der Waals surface area contributed by atoms with Crippen molar-refractivity contribution in [3.8, 4) is 5.75 Å². The van der Waals surface area contributed by atoms with Crippen LogP contribution in [0.15, 0.2) is 22.7 Å². The van der Waals surface area contributed by atoms with Gasteiger partial charge in [0.2, 0.25) is 0 Å². The van der Waals surface area contributed by atoms with Crippen LogP contribution in [-0.2, 0) is 4.74 Å². The Kier molecular flexibility index (Phi) is 2.07. The fourth-order valence-corrected chi connectivity index (χ4v) is 1.52. The summed E-state index contributed by atoms with van der Waals surface area (Å²) in [5.74, 6) is 0.895. The summed E-state index contributed by atoms with van der Waals surface area (Å²) in [6.45, 7) is 0.817. The molecule has 0 radical (unpaired) electrons. The Morgan fingerprint density at radius 1 is 1.58 bits per heavy atom. The van der Waals surface area contributed by atoms with E-state index in [1.54, 1.807) is 7.11 Å². The summed E-state index contributed by atoms with van der Waals surface area (Å²) in [5, 5.41) is 0. The van der Waals surface area contributed by atoms with Gasteiger partial charge in [-0.25, -0.2) is 0 Å². The van der Waals surface area contributed by atoms with Crippen LogP contribution in [0.1, 0.15) is 11.7 Å². The predicted molar refractivity (Wildman–Crippen MR) is 49.4 cm³/mol. The van der Waals surface area contributed by atoms with Gasteiger partial charge in [0.25, 0.3) is 0 Å². The van der Waals surface area contributed by atoms with Gasteiger partial charge in [0, 0.05) is 10.0 Å². The van der Waals surface area contributed by atoms with E-state index < -0.39 is 0 Å². The monoisotopic (exact) mass is 228 g/mol. The van der Waals surface area contributed by atoms with E-state index in [1.807, 2.05) is 18.2 Å². The Morgan fingerprint density at radius 2 is 2.33 bits per heavy atom. The number of methoxy groups -OCH3 is 1. The van der Waals surface area contributed by atoms with Crippen molar-refractivity contribution in [3.05, 3.63) is 28.2 Å². The third-order valence-corrected chi connectivity index (χ3v) is 2.37. The Hall–Kier alpha value is -0.540. The molecule has 64 valence electrons. The molecule has 1 atom stereocenters. The lowest BCUT2D eigenvalue weighted by Gasteiger charge is -2.05. The molecule has 0 N–H and O–H groups in total. The predicted octanol–water partition coefficient (Wildman–Crippen LogP) is 2.53. The van der Waals surface area contributed by atoms with E-state index in [1.165, 1.54) is 0 Å². The average molecular weight is 229 g/mol. The third kappa shape index (κ3) is 1.47. The molecule has 0 bridgehead atoms. The second-order valence-electron chi connectivity index (χ2n) is 2.71. The van der Waals surface area contributed by atoms with Crippen LogP contribution in [0.2, 0.25) is 0 Å². The van der Waals surface area contributed by atoms with E-state index in [4.69, 9.17) is 9.47 Å². The van der Waals surface area contributed by atoms with Crippen molar-refractivity contribution in [1.29, 1.82) is 0 Å². The van der Waals surface area contributed by atoms with Gasteiger partial charge >= 0.3 is 0 Å². The molecule has 3 heteroatoms. The molecule has 2 nitrogen and oxygen atoms in total. The first kappa shape index (κ1) is 8.08. The number of epoxide rings is 1. The van der Waals surface area contributed by atoms with Crippen LogP contribution < -0.4 is 4.74 Å². The van der Waals surface area contributed by atoms with Crippen LogP contribution in [0.3, 0.4) is 0 Å². The zero-order chi connectivity index (χ0) is 8.55. The smallest absolute Gasteiger partial charge is 0.125 e. The molecule has 1 saturated heterocycles. The molecule has 1 aromatic rings. The number of halogens is 1. The molecule has 0 aromatic heterocycles. The van der Waals surface area contributed by atoms with Crippen LogP contribution >= 0.6 is 15.9 Å². The number of hydrogen-bond donors (Lipinski definition) is 0. The largest absolute Gasteiger partial charge is 0.496 e. The van der Waals surface area contributed by atoms with Gasteiger partial charge in [-0.1, -0.05) is 22.0 Å². The molecular weight excluding hydrogens is 220 g/mol. The van der Waals surface area contributed by atoms with Crippen molar-refractivity contribution in [1.82, 2.24) is 0 Å². The molecule has 2 rings (SSSR count). The summed E-state index contributed by atoms with van der Waals surface area (Å²) in [4.78, 5) is 0. The van der Waals surface area contributed by atoms with E-state index in [0.717, 1.165) is 22.4 Å². The van der Waals surface area contributed by atoms with E-state index >= 15 is 0 Å². The summed E-state index contributed by atoms with van der Waals surface area (Å²) in [5.41, 5.74) is 1.14. The second-order valence-corrected chi connectivity index (χ2v) is 3.62. The molecule has 1 aliphatic heterocycles. The summed E-state index contributed by atoms with van der Waals surface area (Å²) in [7, 11) is 1.67. The molecule has 1 heterocycles. The van der Waals surface area contributed by atoms with Gasteiger partial charge in [0.1, 0.15) is 11.9 Å². The number of benzene rings is 1. The van der Waals surface area contributed by atoms with E-state index in [0.29, 0.717) is 0 Å². The molecule has 1 aliphatic rings. The van der Waals surface area contributed by atoms with Crippen LogP contribution in [-0.4, -0.2) is 13.7 Å². The van der Waals surface area contributed by atoms with Crippen molar-refractivity contribution >= 4 is 15.9 Å². The van der Waals surface area contributed by atoms with Crippen LogP contribution in [0.4, 0.5) is 0 Å². The van der Waals surface area contributed by atoms with Gasteiger partial charge in [-0.15, -0.1) is 0 Å². The number of ether oxygens (including phenoxy) is 2. The first-order valence-electron chi connectivity index (χ1n) is 3.76. The van der Waals surface area contributed by atoms with Crippen molar-refractivity contribution in [3.63, 3.8) is 0 Å². The van der Waals surface area contributed by atoms with Gasteiger partial charge in [-0.2, -0.15) is 0 Å². The Labute approximate surface area is 79.6 Å². The van der Waals surface area contributed by atoms with Crippen molar-refractivity contribution in [2.75, 3.05) is 13.7 Å². The minimum Gasteiger partial charge on any atom is -0.496 e. The molecule has 0 spiro atoms. The molecule has 0 unspecified atom stereocenters. The molecule has 0 saturated carbocycles. The maximum Gasteiger partial charge on any atom is 0.125 e. The Morgan fingerprint density at radius 3 is 2.92 bits per heavy atom. The Bertz CT molecular complexity index is 295. The lowest BCUT2D eigenvalue weighted by Crippen LogP contribution is -1.89. The lowest BCUT2D eigenvalue weighted by molar-refractivity contribution is 0.383.